The molecular weight excluding hydrogens is 570 g/mol. The summed E-state index contributed by atoms with van der Waals surface area (Å²) >= 11 is 1.15. The lowest BCUT2D eigenvalue weighted by Crippen LogP contribution is -2.55. The summed E-state index contributed by atoms with van der Waals surface area (Å²) in [7, 11) is 0. The summed E-state index contributed by atoms with van der Waals surface area (Å²) in [4.78, 5) is 29.0. The molecule has 5 rings (SSSR count). The van der Waals surface area contributed by atoms with Crippen molar-refractivity contribution in [2.45, 2.75) is 25.1 Å². The van der Waals surface area contributed by atoms with Crippen molar-refractivity contribution in [2.75, 3.05) is 16.2 Å². The van der Waals surface area contributed by atoms with E-state index in [1.165, 1.54) is 35.2 Å². The van der Waals surface area contributed by atoms with Crippen molar-refractivity contribution < 1.29 is 27.2 Å². The normalized spacial score (nSPS) is 16.6. The van der Waals surface area contributed by atoms with Crippen LogP contribution in [-0.4, -0.2) is 34.2 Å². The average Bonchev–Trinajstić information content (AvgIpc) is 3.36. The molecule has 0 aliphatic carbocycles. The predicted molar refractivity (Wildman–Crippen MR) is 154 cm³/mol. The smallest absolute Gasteiger partial charge is 0.339 e. The largest absolute Gasteiger partial charge is 0.416 e. The lowest BCUT2D eigenvalue weighted by atomic mass is 9.81. The first-order chi connectivity index (χ1) is 20.1. The highest BCUT2D eigenvalue weighted by Crippen LogP contribution is 2.46. The highest BCUT2D eigenvalue weighted by molar-refractivity contribution is 8.03. The fourth-order valence-corrected chi connectivity index (χ4v) is 5.36. The van der Waals surface area contributed by atoms with Crippen LogP contribution in [0, 0.1) is 5.82 Å². The third-order valence-corrected chi connectivity index (χ3v) is 7.33. The molecule has 2 amide bonds. The Kier molecular flexibility index (Phi) is 8.08. The summed E-state index contributed by atoms with van der Waals surface area (Å²) in [6.45, 7) is 5.68. The number of benzene rings is 3. The minimum atomic E-state index is -4.66. The minimum Gasteiger partial charge on any atom is -0.339 e. The molecule has 2 N–H and O–H groups in total. The molecule has 0 saturated carbocycles. The van der Waals surface area contributed by atoms with E-state index in [9.17, 15) is 27.2 Å². The van der Waals surface area contributed by atoms with Crippen LogP contribution in [0.5, 0.6) is 0 Å². The maximum absolute atomic E-state index is 14.1. The summed E-state index contributed by atoms with van der Waals surface area (Å²) < 4.78 is 58.9. The standard InChI is InChI=1S/C30H25F4N5O2S/c1-3-38-28-24(26(37-42-4-2)36-39(28)22-11-6-5-7-12-22)23(18-13-15-21(31)16-14-18)25(29(38)41)35-27(40)19-9-8-10-20(17-19)30(32,33)34/h4-17,23,25H,2-3H2,1H3,(H,35,40)(H,36,37). The van der Waals surface area contributed by atoms with E-state index in [-0.39, 0.29) is 12.1 Å². The molecule has 12 heteroatoms. The first kappa shape index (κ1) is 28.9. The van der Waals surface area contributed by atoms with Gasteiger partial charge in [-0.05, 0) is 72.3 Å². The molecule has 1 aromatic heterocycles. The number of alkyl halides is 3. The van der Waals surface area contributed by atoms with Gasteiger partial charge in [0.05, 0.1) is 16.8 Å². The summed E-state index contributed by atoms with van der Waals surface area (Å²) in [5.74, 6) is -1.93. The fraction of sp³-hybridized carbons (Fsp3) is 0.167. The molecule has 0 radical (unpaired) electrons. The van der Waals surface area contributed by atoms with E-state index in [0.29, 0.717) is 28.5 Å². The van der Waals surface area contributed by atoms with E-state index < -0.39 is 41.3 Å². The van der Waals surface area contributed by atoms with E-state index in [0.717, 1.165) is 30.1 Å². The van der Waals surface area contributed by atoms with Crippen LogP contribution in [0.15, 0.2) is 90.8 Å². The number of para-hydroxylation sites is 1. The van der Waals surface area contributed by atoms with Gasteiger partial charge in [0.15, 0.2) is 5.82 Å². The number of rotatable bonds is 8. The van der Waals surface area contributed by atoms with Crippen molar-refractivity contribution in [3.05, 3.63) is 119 Å². The molecule has 7 nitrogen and oxygen atoms in total. The highest BCUT2D eigenvalue weighted by Gasteiger charge is 2.46. The lowest BCUT2D eigenvalue weighted by Gasteiger charge is -2.38. The van der Waals surface area contributed by atoms with Gasteiger partial charge in [-0.1, -0.05) is 43.0 Å². The summed E-state index contributed by atoms with van der Waals surface area (Å²) in [6, 6.07) is 17.4. The average molecular weight is 596 g/mol. The van der Waals surface area contributed by atoms with E-state index >= 15 is 0 Å². The van der Waals surface area contributed by atoms with Crippen LogP contribution in [0.4, 0.5) is 29.2 Å². The minimum absolute atomic E-state index is 0.199. The van der Waals surface area contributed by atoms with Gasteiger partial charge >= 0.3 is 6.18 Å². The van der Waals surface area contributed by atoms with Crippen molar-refractivity contribution >= 4 is 35.4 Å². The number of hydrogen-bond donors (Lipinski definition) is 2. The molecule has 42 heavy (non-hydrogen) atoms. The number of carbonyl (C=O) groups excluding carboxylic acids is 2. The third kappa shape index (κ3) is 5.49. The molecule has 3 aromatic carbocycles. The molecular formula is C30H25F4N5O2S. The van der Waals surface area contributed by atoms with Crippen molar-refractivity contribution in [1.29, 1.82) is 0 Å². The Labute approximate surface area is 243 Å². The van der Waals surface area contributed by atoms with Gasteiger partial charge in [0.25, 0.3) is 11.8 Å². The fourth-order valence-electron chi connectivity index (χ4n) is 5.01. The molecule has 216 valence electrons. The zero-order valence-corrected chi connectivity index (χ0v) is 23.0. The number of nitrogens with zero attached hydrogens (tertiary/aromatic N) is 3. The number of aromatic nitrogens is 2. The van der Waals surface area contributed by atoms with Crippen molar-refractivity contribution in [3.8, 4) is 5.69 Å². The van der Waals surface area contributed by atoms with E-state index in [2.05, 4.69) is 16.6 Å². The Bertz CT molecular complexity index is 1620. The molecule has 2 unspecified atom stereocenters. The molecule has 0 spiro atoms. The maximum atomic E-state index is 14.1. The Morgan fingerprint density at radius 1 is 1.07 bits per heavy atom. The van der Waals surface area contributed by atoms with Gasteiger partial charge in [0.1, 0.15) is 17.7 Å². The highest BCUT2D eigenvalue weighted by atomic mass is 32.2. The summed E-state index contributed by atoms with van der Waals surface area (Å²) in [6.07, 6.45) is -4.66. The zero-order chi connectivity index (χ0) is 30.0. The number of halogens is 4. The SMILES string of the molecule is C=CSNc1nn(-c2ccccc2)c2c1C(c1ccc(F)cc1)C(NC(=O)c1cccc(C(F)(F)F)c1)C(=O)N2CC. The van der Waals surface area contributed by atoms with Gasteiger partial charge in [-0.3, -0.25) is 14.5 Å². The first-order valence-electron chi connectivity index (χ1n) is 12.9. The Morgan fingerprint density at radius 2 is 1.79 bits per heavy atom. The molecule has 2 atom stereocenters. The van der Waals surface area contributed by atoms with Gasteiger partial charge in [0, 0.05) is 18.0 Å². The van der Waals surface area contributed by atoms with Gasteiger partial charge in [-0.15, -0.1) is 5.10 Å². The summed E-state index contributed by atoms with van der Waals surface area (Å²) in [5.41, 5.74) is 0.451. The van der Waals surface area contributed by atoms with Crippen LogP contribution in [0.1, 0.15) is 39.9 Å². The number of fused-ring (bicyclic) bond motifs is 1. The van der Waals surface area contributed by atoms with Crippen LogP contribution >= 0.6 is 11.9 Å². The van der Waals surface area contributed by atoms with E-state index in [1.54, 1.807) is 17.0 Å². The quantitative estimate of drug-likeness (QED) is 0.179. The van der Waals surface area contributed by atoms with E-state index in [1.807, 2.05) is 30.3 Å². The number of amides is 2. The second-order valence-corrected chi connectivity index (χ2v) is 10.1. The van der Waals surface area contributed by atoms with Crippen LogP contribution in [-0.2, 0) is 11.0 Å². The van der Waals surface area contributed by atoms with Crippen LogP contribution < -0.4 is 14.9 Å². The maximum Gasteiger partial charge on any atom is 0.416 e. The van der Waals surface area contributed by atoms with Crippen molar-refractivity contribution in [1.82, 2.24) is 15.1 Å². The van der Waals surface area contributed by atoms with Crippen LogP contribution in [0.25, 0.3) is 5.69 Å². The van der Waals surface area contributed by atoms with Crippen molar-refractivity contribution in [3.63, 3.8) is 0 Å². The number of anilines is 2. The lowest BCUT2D eigenvalue weighted by molar-refractivity contribution is -0.137. The van der Waals surface area contributed by atoms with Crippen LogP contribution in [0.3, 0.4) is 0 Å². The van der Waals surface area contributed by atoms with Crippen LogP contribution in [0.2, 0.25) is 0 Å². The molecule has 4 aromatic rings. The third-order valence-electron chi connectivity index (χ3n) is 6.85. The monoisotopic (exact) mass is 595 g/mol. The molecule has 1 aliphatic rings. The molecule has 1 aliphatic heterocycles. The number of likely N-dealkylation sites (N-methyl/N-ethyl adjacent to an activating group) is 1. The number of carbonyl (C=O) groups is 2. The molecule has 0 bridgehead atoms. The Balaban J connectivity index is 1.69. The van der Waals surface area contributed by atoms with Gasteiger partial charge in [-0.25, -0.2) is 9.07 Å². The first-order valence-corrected chi connectivity index (χ1v) is 13.8. The number of nitrogens with one attached hydrogen (secondary N) is 2. The number of hydrogen-bond acceptors (Lipinski definition) is 5. The van der Waals surface area contributed by atoms with E-state index in [4.69, 9.17) is 5.10 Å². The van der Waals surface area contributed by atoms with Gasteiger partial charge in [0.2, 0.25) is 0 Å². The molecule has 2 heterocycles. The second kappa shape index (κ2) is 11.7. The van der Waals surface area contributed by atoms with Crippen molar-refractivity contribution in [2.24, 2.45) is 0 Å². The molecule has 0 saturated heterocycles. The molecule has 0 fully saturated rings. The second-order valence-electron chi connectivity index (χ2n) is 9.36. The Morgan fingerprint density at radius 3 is 2.43 bits per heavy atom. The van der Waals surface area contributed by atoms with Gasteiger partial charge < -0.3 is 10.0 Å². The topological polar surface area (TPSA) is 79.3 Å². The predicted octanol–water partition coefficient (Wildman–Crippen LogP) is 6.53. The summed E-state index contributed by atoms with van der Waals surface area (Å²) in [5, 5.41) is 9.00. The Hall–Kier alpha value is -4.58. The van der Waals surface area contributed by atoms with Gasteiger partial charge in [-0.2, -0.15) is 13.2 Å². The zero-order valence-electron chi connectivity index (χ0n) is 22.2.